The second-order valence-electron chi connectivity index (χ2n) is 3.96. The van der Waals surface area contributed by atoms with Gasteiger partial charge in [-0.15, -0.1) is 5.10 Å². The van der Waals surface area contributed by atoms with E-state index in [1.54, 1.807) is 12.1 Å². The van der Waals surface area contributed by atoms with Crippen molar-refractivity contribution in [2.75, 3.05) is 0 Å². The number of benzene rings is 1. The first-order chi connectivity index (χ1) is 9.66. The first kappa shape index (κ1) is 12.5. The van der Waals surface area contributed by atoms with Gasteiger partial charge in [-0.05, 0) is 28.6 Å². The maximum atomic E-state index is 14.3. The van der Waals surface area contributed by atoms with Crippen LogP contribution < -0.4 is 4.73 Å². The lowest BCUT2D eigenvalue weighted by molar-refractivity contribution is -0.604. The molecule has 2 heterocycles. The lowest BCUT2D eigenvalue weighted by Crippen LogP contribution is -2.24. The molecule has 0 aliphatic heterocycles. The standard InChI is InChI=1S/C12H7ClFN5O/c13-9-3-4-10(19-7-15-16-17-19)11(12(9)14)8-2-1-5-18(20)6-8/h1-7H. The lowest BCUT2D eigenvalue weighted by Gasteiger charge is -2.10. The van der Waals surface area contributed by atoms with Gasteiger partial charge in [-0.25, -0.2) is 4.39 Å². The molecule has 3 aromatic rings. The van der Waals surface area contributed by atoms with Crippen molar-refractivity contribution in [3.05, 3.63) is 59.0 Å². The van der Waals surface area contributed by atoms with Crippen LogP contribution in [0, 0.1) is 11.0 Å². The Kier molecular flexibility index (Phi) is 3.03. The van der Waals surface area contributed by atoms with E-state index >= 15 is 0 Å². The zero-order valence-corrected chi connectivity index (χ0v) is 10.7. The van der Waals surface area contributed by atoms with Gasteiger partial charge in [-0.1, -0.05) is 11.6 Å². The van der Waals surface area contributed by atoms with Gasteiger partial charge >= 0.3 is 0 Å². The fourth-order valence-electron chi connectivity index (χ4n) is 1.88. The summed E-state index contributed by atoms with van der Waals surface area (Å²) >= 11 is 5.82. The van der Waals surface area contributed by atoms with Crippen LogP contribution >= 0.6 is 11.6 Å². The minimum Gasteiger partial charge on any atom is -0.619 e. The molecule has 8 heteroatoms. The van der Waals surface area contributed by atoms with E-state index in [2.05, 4.69) is 15.5 Å². The smallest absolute Gasteiger partial charge is 0.188 e. The summed E-state index contributed by atoms with van der Waals surface area (Å²) in [5.41, 5.74) is 0.936. The normalized spacial score (nSPS) is 10.7. The number of hydrogen-bond donors (Lipinski definition) is 0. The SMILES string of the molecule is [O-][n+]1cccc(-c2c(-n3cnnn3)ccc(Cl)c2F)c1. The molecule has 3 rings (SSSR count). The third-order valence-corrected chi connectivity index (χ3v) is 3.02. The minimum atomic E-state index is -0.633. The van der Waals surface area contributed by atoms with Crippen molar-refractivity contribution < 1.29 is 9.12 Å². The van der Waals surface area contributed by atoms with Gasteiger partial charge in [0.15, 0.2) is 18.2 Å². The number of halogens is 2. The number of pyridine rings is 1. The summed E-state index contributed by atoms with van der Waals surface area (Å²) in [6.07, 6.45) is 3.89. The van der Waals surface area contributed by atoms with E-state index in [9.17, 15) is 9.60 Å². The molecule has 0 aliphatic carbocycles. The van der Waals surface area contributed by atoms with E-state index in [1.807, 2.05) is 0 Å². The summed E-state index contributed by atoms with van der Waals surface area (Å²) in [6, 6.07) is 6.12. The molecule has 6 nitrogen and oxygen atoms in total. The van der Waals surface area contributed by atoms with Crippen LogP contribution in [0.2, 0.25) is 5.02 Å². The van der Waals surface area contributed by atoms with E-state index in [1.165, 1.54) is 35.5 Å². The average molecular weight is 292 g/mol. The first-order valence-corrected chi connectivity index (χ1v) is 5.95. The molecule has 100 valence electrons. The summed E-state index contributed by atoms with van der Waals surface area (Å²) in [5.74, 6) is -0.633. The van der Waals surface area contributed by atoms with Gasteiger partial charge in [-0.3, -0.25) is 0 Å². The van der Waals surface area contributed by atoms with Crippen LogP contribution in [-0.4, -0.2) is 20.2 Å². The highest BCUT2D eigenvalue weighted by Crippen LogP contribution is 2.32. The van der Waals surface area contributed by atoms with Crippen molar-refractivity contribution in [1.82, 2.24) is 20.2 Å². The number of rotatable bonds is 2. The summed E-state index contributed by atoms with van der Waals surface area (Å²) < 4.78 is 16.2. The van der Waals surface area contributed by atoms with Crippen LogP contribution in [0.15, 0.2) is 43.0 Å². The summed E-state index contributed by atoms with van der Waals surface area (Å²) in [6.45, 7) is 0. The van der Waals surface area contributed by atoms with Crippen LogP contribution in [0.5, 0.6) is 0 Å². The van der Waals surface area contributed by atoms with Crippen LogP contribution in [0.1, 0.15) is 0 Å². The molecule has 0 aliphatic rings. The Bertz CT molecular complexity index is 763. The highest BCUT2D eigenvalue weighted by molar-refractivity contribution is 6.31. The monoisotopic (exact) mass is 291 g/mol. The van der Waals surface area contributed by atoms with Gasteiger partial charge < -0.3 is 5.21 Å². The fourth-order valence-corrected chi connectivity index (χ4v) is 2.04. The van der Waals surface area contributed by atoms with E-state index in [0.29, 0.717) is 16.0 Å². The van der Waals surface area contributed by atoms with Crippen molar-refractivity contribution in [3.63, 3.8) is 0 Å². The quantitative estimate of drug-likeness (QED) is 0.533. The third-order valence-electron chi connectivity index (χ3n) is 2.73. The minimum absolute atomic E-state index is 0.0434. The number of aromatic nitrogens is 5. The Morgan fingerprint density at radius 3 is 2.85 bits per heavy atom. The molecule has 0 radical (unpaired) electrons. The summed E-state index contributed by atoms with van der Waals surface area (Å²) in [5, 5.41) is 22.1. The Morgan fingerprint density at radius 2 is 2.15 bits per heavy atom. The number of hydrogen-bond acceptors (Lipinski definition) is 4. The predicted octanol–water partition coefficient (Wildman–Crippen LogP) is 1.76. The molecule has 0 saturated carbocycles. The number of tetrazole rings is 1. The molecule has 0 saturated heterocycles. The molecule has 0 amide bonds. The Hall–Kier alpha value is -2.54. The van der Waals surface area contributed by atoms with Gasteiger partial charge in [0.1, 0.15) is 6.33 Å². The van der Waals surface area contributed by atoms with Crippen LogP contribution in [0.4, 0.5) is 4.39 Å². The van der Waals surface area contributed by atoms with Crippen molar-refractivity contribution >= 4 is 11.6 Å². The van der Waals surface area contributed by atoms with Crippen LogP contribution in [0.3, 0.4) is 0 Å². The Morgan fingerprint density at radius 1 is 1.30 bits per heavy atom. The fraction of sp³-hybridized carbons (Fsp3) is 0. The number of nitrogens with zero attached hydrogens (tertiary/aromatic N) is 5. The van der Waals surface area contributed by atoms with Gasteiger partial charge in [0.25, 0.3) is 0 Å². The van der Waals surface area contributed by atoms with Crippen molar-refractivity contribution in [3.8, 4) is 16.8 Å². The molecule has 0 fully saturated rings. The van der Waals surface area contributed by atoms with E-state index < -0.39 is 5.82 Å². The maximum Gasteiger partial charge on any atom is 0.188 e. The second kappa shape index (κ2) is 4.86. The van der Waals surface area contributed by atoms with E-state index in [0.717, 1.165) is 0 Å². The van der Waals surface area contributed by atoms with Crippen LogP contribution in [0.25, 0.3) is 16.8 Å². The van der Waals surface area contributed by atoms with Gasteiger partial charge in [0, 0.05) is 6.07 Å². The molecule has 0 spiro atoms. The Balaban J connectivity index is 2.30. The first-order valence-electron chi connectivity index (χ1n) is 5.57. The molecule has 0 atom stereocenters. The zero-order chi connectivity index (χ0) is 14.1. The van der Waals surface area contributed by atoms with Gasteiger partial charge in [-0.2, -0.15) is 9.41 Å². The largest absolute Gasteiger partial charge is 0.619 e. The van der Waals surface area contributed by atoms with E-state index in [4.69, 9.17) is 11.6 Å². The third kappa shape index (κ3) is 2.08. The van der Waals surface area contributed by atoms with E-state index in [-0.39, 0.29) is 10.6 Å². The second-order valence-corrected chi connectivity index (χ2v) is 4.37. The predicted molar refractivity (Wildman–Crippen MR) is 68.5 cm³/mol. The molecule has 20 heavy (non-hydrogen) atoms. The highest BCUT2D eigenvalue weighted by Gasteiger charge is 2.18. The van der Waals surface area contributed by atoms with Crippen LogP contribution in [-0.2, 0) is 0 Å². The molecular weight excluding hydrogens is 285 g/mol. The van der Waals surface area contributed by atoms with Gasteiger partial charge in [0.2, 0.25) is 0 Å². The van der Waals surface area contributed by atoms with Crippen molar-refractivity contribution in [2.45, 2.75) is 0 Å². The summed E-state index contributed by atoms with van der Waals surface area (Å²) in [4.78, 5) is 0. The zero-order valence-electron chi connectivity index (χ0n) is 9.94. The van der Waals surface area contributed by atoms with Crippen molar-refractivity contribution in [1.29, 1.82) is 0 Å². The highest BCUT2D eigenvalue weighted by atomic mass is 35.5. The maximum absolute atomic E-state index is 14.3. The molecule has 2 aromatic heterocycles. The Labute approximate surface area is 117 Å². The average Bonchev–Trinajstić information content (AvgIpc) is 2.95. The molecule has 0 unspecified atom stereocenters. The molecular formula is C12H7ClFN5O. The topological polar surface area (TPSA) is 70.5 Å². The van der Waals surface area contributed by atoms with Gasteiger partial charge in [0.05, 0.1) is 21.8 Å². The molecule has 0 N–H and O–H groups in total. The summed E-state index contributed by atoms with van der Waals surface area (Å²) in [7, 11) is 0. The van der Waals surface area contributed by atoms with Crippen molar-refractivity contribution in [2.24, 2.45) is 0 Å². The molecule has 0 bridgehead atoms. The molecule has 1 aromatic carbocycles. The lowest BCUT2D eigenvalue weighted by atomic mass is 10.0.